The van der Waals surface area contributed by atoms with Crippen molar-refractivity contribution in [1.29, 1.82) is 0 Å². The summed E-state index contributed by atoms with van der Waals surface area (Å²) in [6.07, 6.45) is 3.15. The summed E-state index contributed by atoms with van der Waals surface area (Å²) in [4.78, 5) is 0.0455. The van der Waals surface area contributed by atoms with Crippen LogP contribution >= 0.6 is 11.6 Å². The van der Waals surface area contributed by atoms with Gasteiger partial charge in [-0.25, -0.2) is 13.1 Å². The number of nitrogen functional groups attached to an aromatic ring is 1. The molecule has 102 valence electrons. The number of aromatic nitrogens is 2. The summed E-state index contributed by atoms with van der Waals surface area (Å²) < 4.78 is 26.6. The molecule has 0 aliphatic heterocycles. The van der Waals surface area contributed by atoms with E-state index in [9.17, 15) is 8.42 Å². The molecule has 8 heteroatoms. The van der Waals surface area contributed by atoms with Gasteiger partial charge in [-0.05, 0) is 24.6 Å². The van der Waals surface area contributed by atoms with Crippen molar-refractivity contribution in [2.75, 3.05) is 5.73 Å². The Bertz CT molecular complexity index is 660. The zero-order chi connectivity index (χ0) is 14.0. The maximum absolute atomic E-state index is 12.1. The van der Waals surface area contributed by atoms with Crippen molar-refractivity contribution < 1.29 is 8.42 Å². The zero-order valence-corrected chi connectivity index (χ0v) is 11.7. The number of anilines is 1. The Labute approximate surface area is 116 Å². The van der Waals surface area contributed by atoms with E-state index in [0.717, 1.165) is 5.56 Å². The van der Waals surface area contributed by atoms with E-state index in [4.69, 9.17) is 17.3 Å². The number of rotatable bonds is 4. The van der Waals surface area contributed by atoms with Crippen LogP contribution in [0, 0.1) is 6.92 Å². The zero-order valence-electron chi connectivity index (χ0n) is 10.1. The summed E-state index contributed by atoms with van der Waals surface area (Å²) in [6.45, 7) is 1.87. The average Bonchev–Trinajstić information content (AvgIpc) is 2.86. The van der Waals surface area contributed by atoms with Crippen molar-refractivity contribution >= 4 is 27.3 Å². The van der Waals surface area contributed by atoms with Crippen molar-refractivity contribution in [3.05, 3.63) is 40.7 Å². The molecule has 19 heavy (non-hydrogen) atoms. The van der Waals surface area contributed by atoms with Crippen molar-refractivity contribution in [2.45, 2.75) is 18.4 Å². The maximum atomic E-state index is 12.1. The number of hydrogen-bond donors (Lipinski definition) is 3. The normalized spacial score (nSPS) is 11.7. The highest BCUT2D eigenvalue weighted by atomic mass is 35.5. The Morgan fingerprint density at radius 1 is 1.47 bits per heavy atom. The molecule has 0 bridgehead atoms. The van der Waals surface area contributed by atoms with Crippen LogP contribution in [0.15, 0.2) is 29.4 Å². The standard InChI is InChI=1S/C11H13ClN4O2S/c1-7-10(12)2-9(3-11(7)13)19(17,18)16-6-8-4-14-15-5-8/h2-5,16H,6,13H2,1H3,(H,14,15). The van der Waals surface area contributed by atoms with Crippen LogP contribution in [-0.4, -0.2) is 18.6 Å². The van der Waals surface area contributed by atoms with Crippen LogP contribution in [0.5, 0.6) is 0 Å². The van der Waals surface area contributed by atoms with Crippen molar-refractivity contribution in [3.63, 3.8) is 0 Å². The number of sulfonamides is 1. The third kappa shape index (κ3) is 3.06. The van der Waals surface area contributed by atoms with Crippen molar-refractivity contribution in [3.8, 4) is 0 Å². The SMILES string of the molecule is Cc1c(N)cc(S(=O)(=O)NCc2cn[nH]c2)cc1Cl. The lowest BCUT2D eigenvalue weighted by atomic mass is 10.2. The summed E-state index contributed by atoms with van der Waals surface area (Å²) >= 11 is 5.94. The second kappa shape index (κ2) is 5.20. The molecule has 0 unspecified atom stereocenters. The van der Waals surface area contributed by atoms with Gasteiger partial charge in [-0.2, -0.15) is 5.10 Å². The first-order valence-electron chi connectivity index (χ1n) is 5.43. The molecule has 4 N–H and O–H groups in total. The Kier molecular flexibility index (Phi) is 3.79. The molecule has 1 aromatic heterocycles. The highest BCUT2D eigenvalue weighted by Gasteiger charge is 2.16. The summed E-state index contributed by atoms with van der Waals surface area (Å²) in [5, 5.41) is 6.66. The average molecular weight is 301 g/mol. The minimum absolute atomic E-state index is 0.0455. The lowest BCUT2D eigenvalue weighted by Crippen LogP contribution is -2.23. The molecule has 0 aliphatic rings. The minimum atomic E-state index is -3.65. The second-order valence-electron chi connectivity index (χ2n) is 4.05. The van der Waals surface area contributed by atoms with E-state index in [-0.39, 0.29) is 11.4 Å². The number of nitrogens with two attached hydrogens (primary N) is 1. The van der Waals surface area contributed by atoms with Gasteiger partial charge in [0.05, 0.1) is 11.1 Å². The largest absolute Gasteiger partial charge is 0.398 e. The molecule has 6 nitrogen and oxygen atoms in total. The first-order chi connectivity index (χ1) is 8.90. The lowest BCUT2D eigenvalue weighted by molar-refractivity contribution is 0.581. The topological polar surface area (TPSA) is 101 Å². The van der Waals surface area contributed by atoms with Gasteiger partial charge in [-0.15, -0.1) is 0 Å². The summed E-state index contributed by atoms with van der Waals surface area (Å²) in [5.41, 5.74) is 7.45. The molecule has 1 aromatic carbocycles. The number of benzene rings is 1. The minimum Gasteiger partial charge on any atom is -0.398 e. The monoisotopic (exact) mass is 300 g/mol. The number of aromatic amines is 1. The molecule has 0 radical (unpaired) electrons. The molecular formula is C11H13ClN4O2S. The number of halogens is 1. The van der Waals surface area contributed by atoms with Crippen LogP contribution in [0.3, 0.4) is 0 Å². The van der Waals surface area contributed by atoms with E-state index in [1.165, 1.54) is 12.1 Å². The van der Waals surface area contributed by atoms with Crippen molar-refractivity contribution in [2.24, 2.45) is 0 Å². The molecule has 0 spiro atoms. The van der Waals surface area contributed by atoms with Crippen LogP contribution in [-0.2, 0) is 16.6 Å². The van der Waals surface area contributed by atoms with Crippen molar-refractivity contribution in [1.82, 2.24) is 14.9 Å². The number of nitrogens with one attached hydrogen (secondary N) is 2. The fraction of sp³-hybridized carbons (Fsp3) is 0.182. The highest BCUT2D eigenvalue weighted by molar-refractivity contribution is 7.89. The summed E-state index contributed by atoms with van der Waals surface area (Å²) in [6, 6.07) is 2.77. The fourth-order valence-electron chi connectivity index (χ4n) is 1.47. The van der Waals surface area contributed by atoms with E-state index in [2.05, 4.69) is 14.9 Å². The molecule has 2 aromatic rings. The molecule has 0 fully saturated rings. The highest BCUT2D eigenvalue weighted by Crippen LogP contribution is 2.25. The van der Waals surface area contributed by atoms with Crippen LogP contribution in [0.4, 0.5) is 5.69 Å². The third-order valence-corrected chi connectivity index (χ3v) is 4.46. The maximum Gasteiger partial charge on any atom is 0.240 e. The number of nitrogens with zero attached hydrogens (tertiary/aromatic N) is 1. The molecule has 2 rings (SSSR count). The van der Waals surface area contributed by atoms with Gasteiger partial charge in [0.15, 0.2) is 0 Å². The number of hydrogen-bond acceptors (Lipinski definition) is 4. The molecule has 0 amide bonds. The van der Waals surface area contributed by atoms with Gasteiger partial charge in [-0.3, -0.25) is 5.10 Å². The van der Waals surface area contributed by atoms with Gasteiger partial charge in [0.1, 0.15) is 0 Å². The Hall–Kier alpha value is -1.57. The summed E-state index contributed by atoms with van der Waals surface area (Å²) in [5.74, 6) is 0. The van der Waals surface area contributed by atoms with E-state index < -0.39 is 10.0 Å². The Morgan fingerprint density at radius 3 is 2.79 bits per heavy atom. The quantitative estimate of drug-likeness (QED) is 0.744. The molecule has 0 aliphatic carbocycles. The van der Waals surface area contributed by atoms with Gasteiger partial charge in [-0.1, -0.05) is 11.6 Å². The first-order valence-corrected chi connectivity index (χ1v) is 7.29. The second-order valence-corrected chi connectivity index (χ2v) is 6.22. The molecule has 0 saturated heterocycles. The van der Waals surface area contributed by atoms with Gasteiger partial charge >= 0.3 is 0 Å². The van der Waals surface area contributed by atoms with Gasteiger partial charge < -0.3 is 5.73 Å². The van der Waals surface area contributed by atoms with E-state index in [1.807, 2.05) is 0 Å². The smallest absolute Gasteiger partial charge is 0.240 e. The van der Waals surface area contributed by atoms with Gasteiger partial charge in [0.2, 0.25) is 10.0 Å². The first kappa shape index (κ1) is 13.9. The Balaban J connectivity index is 2.24. The molecular weight excluding hydrogens is 288 g/mol. The van der Waals surface area contributed by atoms with E-state index in [1.54, 1.807) is 19.3 Å². The van der Waals surface area contributed by atoms with Crippen LogP contribution in [0.25, 0.3) is 0 Å². The molecule has 1 heterocycles. The molecule has 0 atom stereocenters. The third-order valence-electron chi connectivity index (χ3n) is 2.69. The van der Waals surface area contributed by atoms with Gasteiger partial charge in [0.25, 0.3) is 0 Å². The predicted molar refractivity (Wildman–Crippen MR) is 73.2 cm³/mol. The molecule has 0 saturated carbocycles. The fourth-order valence-corrected chi connectivity index (χ4v) is 2.84. The predicted octanol–water partition coefficient (Wildman–Crippen LogP) is 1.43. The van der Waals surface area contributed by atoms with E-state index >= 15 is 0 Å². The Morgan fingerprint density at radius 2 is 2.21 bits per heavy atom. The van der Waals surface area contributed by atoms with Crippen LogP contribution in [0.1, 0.15) is 11.1 Å². The van der Waals surface area contributed by atoms with Gasteiger partial charge in [0, 0.05) is 29.0 Å². The van der Waals surface area contributed by atoms with Crippen LogP contribution < -0.4 is 10.5 Å². The van der Waals surface area contributed by atoms with E-state index in [0.29, 0.717) is 16.3 Å². The van der Waals surface area contributed by atoms with Crippen LogP contribution in [0.2, 0.25) is 5.02 Å². The number of H-pyrrole nitrogens is 1. The summed E-state index contributed by atoms with van der Waals surface area (Å²) in [7, 11) is -3.65. The lowest BCUT2D eigenvalue weighted by Gasteiger charge is -2.09.